The molecule has 0 aliphatic carbocycles. The lowest BCUT2D eigenvalue weighted by molar-refractivity contribution is -0.136. The summed E-state index contributed by atoms with van der Waals surface area (Å²) >= 11 is 0. The second-order valence-electron chi connectivity index (χ2n) is 7.78. The first-order chi connectivity index (χ1) is 12.5. The Bertz CT molecular complexity index is 621. The first-order valence-electron chi connectivity index (χ1n) is 9.85. The first-order valence-corrected chi connectivity index (χ1v) is 9.85. The fourth-order valence-corrected chi connectivity index (χ4v) is 3.78. The molecule has 3 rings (SSSR count). The van der Waals surface area contributed by atoms with Gasteiger partial charge in [0, 0.05) is 43.6 Å². The van der Waals surface area contributed by atoms with E-state index < -0.39 is 0 Å². The van der Waals surface area contributed by atoms with Crippen LogP contribution < -0.4 is 4.74 Å². The Morgan fingerprint density at radius 1 is 1.04 bits per heavy atom. The Kier molecular flexibility index (Phi) is 6.17. The zero-order valence-corrected chi connectivity index (χ0v) is 15.9. The van der Waals surface area contributed by atoms with Crippen LogP contribution in [0.2, 0.25) is 0 Å². The summed E-state index contributed by atoms with van der Waals surface area (Å²) in [7, 11) is 0. The topological polar surface area (TPSA) is 49.9 Å². The molecule has 1 unspecified atom stereocenters. The van der Waals surface area contributed by atoms with E-state index in [0.29, 0.717) is 12.5 Å². The van der Waals surface area contributed by atoms with E-state index >= 15 is 0 Å². The van der Waals surface area contributed by atoms with Crippen molar-refractivity contribution in [3.05, 3.63) is 29.8 Å². The van der Waals surface area contributed by atoms with Crippen molar-refractivity contribution < 1.29 is 14.3 Å². The zero-order valence-electron chi connectivity index (χ0n) is 15.9. The van der Waals surface area contributed by atoms with Gasteiger partial charge in [-0.15, -0.1) is 0 Å². The van der Waals surface area contributed by atoms with E-state index in [-0.39, 0.29) is 17.7 Å². The molecule has 1 atom stereocenters. The van der Waals surface area contributed by atoms with Gasteiger partial charge in [0.25, 0.3) is 5.91 Å². The van der Waals surface area contributed by atoms with Gasteiger partial charge in [0.1, 0.15) is 5.75 Å². The van der Waals surface area contributed by atoms with Crippen LogP contribution in [-0.2, 0) is 4.79 Å². The minimum atomic E-state index is 0.0513. The number of hydrogen-bond donors (Lipinski definition) is 0. The molecular formula is C21H30N2O3. The van der Waals surface area contributed by atoms with Crippen LogP contribution in [0.4, 0.5) is 0 Å². The van der Waals surface area contributed by atoms with Gasteiger partial charge in [0.2, 0.25) is 5.91 Å². The predicted molar refractivity (Wildman–Crippen MR) is 101 cm³/mol. The lowest BCUT2D eigenvalue weighted by Crippen LogP contribution is -2.43. The molecule has 2 aliphatic rings. The highest BCUT2D eigenvalue weighted by molar-refractivity contribution is 5.94. The summed E-state index contributed by atoms with van der Waals surface area (Å²) in [5.41, 5.74) is 0.727. The van der Waals surface area contributed by atoms with Crippen LogP contribution in [0.5, 0.6) is 5.75 Å². The molecule has 2 heterocycles. The van der Waals surface area contributed by atoms with Gasteiger partial charge in [-0.2, -0.15) is 0 Å². The summed E-state index contributed by atoms with van der Waals surface area (Å²) in [6.07, 6.45) is 4.33. The van der Waals surface area contributed by atoms with Crippen molar-refractivity contribution in [2.45, 2.75) is 39.5 Å². The van der Waals surface area contributed by atoms with E-state index in [2.05, 4.69) is 0 Å². The van der Waals surface area contributed by atoms with Crippen LogP contribution in [0.15, 0.2) is 24.3 Å². The van der Waals surface area contributed by atoms with E-state index in [9.17, 15) is 9.59 Å². The smallest absolute Gasteiger partial charge is 0.253 e. The lowest BCUT2D eigenvalue weighted by Gasteiger charge is -2.33. The van der Waals surface area contributed by atoms with E-state index in [0.717, 1.165) is 63.2 Å². The van der Waals surface area contributed by atoms with Gasteiger partial charge >= 0.3 is 0 Å². The Hall–Kier alpha value is -2.04. The molecule has 0 saturated carbocycles. The number of rotatable bonds is 5. The number of hydrogen-bond acceptors (Lipinski definition) is 3. The van der Waals surface area contributed by atoms with Crippen LogP contribution in [-0.4, -0.2) is 54.4 Å². The lowest BCUT2D eigenvalue weighted by atomic mass is 9.98. The molecule has 26 heavy (non-hydrogen) atoms. The monoisotopic (exact) mass is 358 g/mol. The van der Waals surface area contributed by atoms with Gasteiger partial charge < -0.3 is 14.5 Å². The van der Waals surface area contributed by atoms with Crippen molar-refractivity contribution in [3.8, 4) is 5.75 Å². The quantitative estimate of drug-likeness (QED) is 0.812. The molecule has 0 spiro atoms. The molecule has 1 aromatic rings. The summed E-state index contributed by atoms with van der Waals surface area (Å²) < 4.78 is 5.93. The fourth-order valence-electron chi connectivity index (χ4n) is 3.78. The summed E-state index contributed by atoms with van der Waals surface area (Å²) in [5, 5.41) is 0. The molecule has 2 amide bonds. The third-order valence-electron chi connectivity index (χ3n) is 5.30. The van der Waals surface area contributed by atoms with Gasteiger partial charge in [-0.05, 0) is 49.9 Å². The third kappa shape index (κ3) is 4.57. The van der Waals surface area contributed by atoms with Crippen LogP contribution in [0.3, 0.4) is 0 Å². The van der Waals surface area contributed by atoms with E-state index in [4.69, 9.17) is 4.74 Å². The Balaban J connectivity index is 1.50. The molecule has 0 aromatic heterocycles. The third-order valence-corrected chi connectivity index (χ3v) is 5.30. The second-order valence-corrected chi connectivity index (χ2v) is 7.78. The number of amides is 2. The summed E-state index contributed by atoms with van der Waals surface area (Å²) in [6, 6.07) is 7.46. The molecular weight excluding hydrogens is 328 g/mol. The molecule has 5 heteroatoms. The van der Waals surface area contributed by atoms with Crippen molar-refractivity contribution in [2.24, 2.45) is 11.8 Å². The van der Waals surface area contributed by atoms with Gasteiger partial charge in [0.05, 0.1) is 6.61 Å². The van der Waals surface area contributed by atoms with E-state index in [1.54, 1.807) is 0 Å². The average molecular weight is 358 g/mol. The highest BCUT2D eigenvalue weighted by atomic mass is 16.5. The first kappa shape index (κ1) is 18.7. The van der Waals surface area contributed by atoms with Gasteiger partial charge in [0.15, 0.2) is 0 Å². The molecule has 5 nitrogen and oxygen atoms in total. The Morgan fingerprint density at radius 2 is 1.69 bits per heavy atom. The standard InChI is InChI=1S/C21H30N2O3/c1-16(2)20(24)23-13-5-6-17(14-23)15-26-19-9-7-18(8-10-19)21(25)22-11-3-4-12-22/h7-10,16-17H,3-6,11-15H2,1-2H3. The minimum Gasteiger partial charge on any atom is -0.493 e. The van der Waals surface area contributed by atoms with Crippen LogP contribution in [0.1, 0.15) is 49.9 Å². The van der Waals surface area contributed by atoms with Crippen LogP contribution in [0, 0.1) is 11.8 Å². The number of carbonyl (C=O) groups excluding carboxylic acids is 2. The number of benzene rings is 1. The van der Waals surface area contributed by atoms with Crippen molar-refractivity contribution in [3.63, 3.8) is 0 Å². The molecule has 142 valence electrons. The molecule has 0 bridgehead atoms. The number of nitrogens with zero attached hydrogens (tertiary/aromatic N) is 2. The molecule has 0 N–H and O–H groups in total. The van der Waals surface area contributed by atoms with Crippen molar-refractivity contribution in [1.82, 2.24) is 9.80 Å². The zero-order chi connectivity index (χ0) is 18.5. The molecule has 2 aliphatic heterocycles. The van der Waals surface area contributed by atoms with Crippen molar-refractivity contribution in [2.75, 3.05) is 32.8 Å². The molecule has 2 fully saturated rings. The second kappa shape index (κ2) is 8.56. The molecule has 2 saturated heterocycles. The maximum atomic E-state index is 12.4. The maximum Gasteiger partial charge on any atom is 0.253 e. The minimum absolute atomic E-state index is 0.0513. The number of ether oxygens (including phenoxy) is 1. The SMILES string of the molecule is CC(C)C(=O)N1CCCC(COc2ccc(C(=O)N3CCCC3)cc2)C1. The van der Waals surface area contributed by atoms with Gasteiger partial charge in [-0.25, -0.2) is 0 Å². The van der Waals surface area contributed by atoms with Crippen LogP contribution in [0.25, 0.3) is 0 Å². The molecule has 0 radical (unpaired) electrons. The van der Waals surface area contributed by atoms with Gasteiger partial charge in [-0.1, -0.05) is 13.8 Å². The fraction of sp³-hybridized carbons (Fsp3) is 0.619. The average Bonchev–Trinajstić information content (AvgIpc) is 3.20. The number of carbonyl (C=O) groups is 2. The summed E-state index contributed by atoms with van der Waals surface area (Å²) in [5.74, 6) is 1.56. The number of likely N-dealkylation sites (tertiary alicyclic amines) is 2. The maximum absolute atomic E-state index is 12.4. The Morgan fingerprint density at radius 3 is 2.35 bits per heavy atom. The van der Waals surface area contributed by atoms with E-state index in [1.165, 1.54) is 0 Å². The normalized spacial score (nSPS) is 20.5. The largest absolute Gasteiger partial charge is 0.493 e. The van der Waals surface area contributed by atoms with Crippen molar-refractivity contribution >= 4 is 11.8 Å². The Labute approximate surface area is 156 Å². The highest BCUT2D eigenvalue weighted by Gasteiger charge is 2.25. The van der Waals surface area contributed by atoms with Gasteiger partial charge in [-0.3, -0.25) is 9.59 Å². The van der Waals surface area contributed by atoms with E-state index in [1.807, 2.05) is 47.9 Å². The summed E-state index contributed by atoms with van der Waals surface area (Å²) in [4.78, 5) is 28.4. The highest BCUT2D eigenvalue weighted by Crippen LogP contribution is 2.21. The predicted octanol–water partition coefficient (Wildman–Crippen LogP) is 3.20. The summed E-state index contributed by atoms with van der Waals surface area (Å²) in [6.45, 7) is 7.89. The van der Waals surface area contributed by atoms with Crippen LogP contribution >= 0.6 is 0 Å². The van der Waals surface area contributed by atoms with Crippen molar-refractivity contribution in [1.29, 1.82) is 0 Å². The number of piperidine rings is 1. The molecule has 1 aromatic carbocycles.